The molecule has 0 N–H and O–H groups in total. The van der Waals surface area contributed by atoms with Gasteiger partial charge in [0, 0.05) is 48.0 Å². The summed E-state index contributed by atoms with van der Waals surface area (Å²) >= 11 is 1.73. The molecule has 1 saturated heterocycles. The van der Waals surface area contributed by atoms with E-state index in [1.54, 1.807) is 33.1 Å². The number of carbonyl (C=O) groups is 1. The lowest BCUT2D eigenvalue weighted by molar-refractivity contribution is 0.0204. The predicted octanol–water partition coefficient (Wildman–Crippen LogP) is 6.90. The van der Waals surface area contributed by atoms with E-state index in [9.17, 15) is 4.79 Å². The molecule has 0 bridgehead atoms. The highest BCUT2D eigenvalue weighted by atomic mass is 32.2. The van der Waals surface area contributed by atoms with Gasteiger partial charge in [-0.2, -0.15) is 0 Å². The topological polar surface area (TPSA) is 73.4 Å². The van der Waals surface area contributed by atoms with Gasteiger partial charge in [-0.05, 0) is 94.0 Å². The molecule has 0 aliphatic carbocycles. The third kappa shape index (κ3) is 7.58. The van der Waals surface area contributed by atoms with Gasteiger partial charge in [0.1, 0.15) is 5.60 Å². The summed E-state index contributed by atoms with van der Waals surface area (Å²) in [5, 5.41) is 0. The number of benzene rings is 2. The van der Waals surface area contributed by atoms with Crippen LogP contribution in [0.15, 0.2) is 59.6 Å². The zero-order chi connectivity index (χ0) is 29.6. The summed E-state index contributed by atoms with van der Waals surface area (Å²) in [6.45, 7) is 7.73. The number of pyridine rings is 1. The zero-order valence-electron chi connectivity index (χ0n) is 25.1. The Balaban J connectivity index is 1.60. The number of hydrogen-bond acceptors (Lipinski definition) is 8. The molecule has 0 spiro atoms. The van der Waals surface area contributed by atoms with E-state index in [1.807, 2.05) is 44.0 Å². The van der Waals surface area contributed by atoms with Gasteiger partial charge in [0.25, 0.3) is 0 Å². The van der Waals surface area contributed by atoms with E-state index in [-0.39, 0.29) is 12.1 Å². The number of piperidine rings is 1. The molecule has 0 atom stereocenters. The van der Waals surface area contributed by atoms with Crippen molar-refractivity contribution in [2.45, 2.75) is 56.7 Å². The van der Waals surface area contributed by atoms with E-state index in [0.29, 0.717) is 36.9 Å². The van der Waals surface area contributed by atoms with E-state index in [4.69, 9.17) is 18.9 Å². The van der Waals surface area contributed by atoms with E-state index in [1.165, 1.54) is 4.90 Å². The average molecular weight is 580 g/mol. The van der Waals surface area contributed by atoms with Crippen molar-refractivity contribution < 1.29 is 23.7 Å². The Morgan fingerprint density at radius 3 is 2.15 bits per heavy atom. The Morgan fingerprint density at radius 1 is 0.976 bits per heavy atom. The summed E-state index contributed by atoms with van der Waals surface area (Å²) in [6, 6.07) is 17.0. The largest absolute Gasteiger partial charge is 0.493 e. The van der Waals surface area contributed by atoms with Crippen molar-refractivity contribution in [3.05, 3.63) is 60.3 Å². The molecule has 0 unspecified atom stereocenters. The molecule has 2 heterocycles. The van der Waals surface area contributed by atoms with Gasteiger partial charge in [-0.1, -0.05) is 0 Å². The van der Waals surface area contributed by atoms with Crippen LogP contribution in [0.1, 0.15) is 39.2 Å². The first-order chi connectivity index (χ1) is 19.6. The van der Waals surface area contributed by atoms with E-state index in [2.05, 4.69) is 52.5 Å². The molecule has 9 heteroatoms. The Bertz CT molecular complexity index is 1290. The minimum Gasteiger partial charge on any atom is -0.493 e. The lowest BCUT2D eigenvalue weighted by Crippen LogP contribution is -2.48. The minimum absolute atomic E-state index is 0.240. The molecule has 0 saturated carbocycles. The van der Waals surface area contributed by atoms with Crippen LogP contribution in [0.25, 0.3) is 11.3 Å². The molecule has 8 nitrogen and oxygen atoms in total. The molecule has 1 aliphatic rings. The zero-order valence-corrected chi connectivity index (χ0v) is 25.9. The molecular formula is C32H41N3O5S. The number of aromatic nitrogens is 1. The lowest BCUT2D eigenvalue weighted by atomic mass is 10.0. The van der Waals surface area contributed by atoms with Crippen LogP contribution in [0.4, 0.5) is 10.5 Å². The summed E-state index contributed by atoms with van der Waals surface area (Å²) < 4.78 is 22.2. The van der Waals surface area contributed by atoms with Crippen LogP contribution in [0.3, 0.4) is 0 Å². The molecule has 1 aliphatic heterocycles. The highest BCUT2D eigenvalue weighted by Crippen LogP contribution is 2.41. The Kier molecular flexibility index (Phi) is 9.91. The van der Waals surface area contributed by atoms with Gasteiger partial charge in [0.05, 0.1) is 27.0 Å². The van der Waals surface area contributed by atoms with Gasteiger partial charge in [0.15, 0.2) is 11.5 Å². The fraction of sp³-hybridized carbons (Fsp3) is 0.438. The van der Waals surface area contributed by atoms with Crippen LogP contribution in [0.2, 0.25) is 0 Å². The smallest absolute Gasteiger partial charge is 0.410 e. The first-order valence-corrected chi connectivity index (χ1v) is 15.0. The Morgan fingerprint density at radius 2 is 1.61 bits per heavy atom. The third-order valence-corrected chi connectivity index (χ3v) is 7.84. The Labute approximate surface area is 247 Å². The van der Waals surface area contributed by atoms with E-state index in [0.717, 1.165) is 35.3 Å². The summed E-state index contributed by atoms with van der Waals surface area (Å²) in [7, 11) is 4.82. The number of thioether (sulfide) groups is 1. The number of methoxy groups -OCH3 is 3. The number of anilines is 1. The molecule has 1 aromatic heterocycles. The molecule has 2 aromatic carbocycles. The fourth-order valence-electron chi connectivity index (χ4n) is 5.05. The van der Waals surface area contributed by atoms with Gasteiger partial charge in [0.2, 0.25) is 5.75 Å². The number of amides is 1. The molecule has 41 heavy (non-hydrogen) atoms. The quantitative estimate of drug-likeness (QED) is 0.254. The maximum atomic E-state index is 12.7. The van der Waals surface area contributed by atoms with Crippen LogP contribution < -0.4 is 19.1 Å². The number of likely N-dealkylation sites (tertiary alicyclic amines) is 1. The molecule has 3 aromatic rings. The SMILES string of the molecule is COc1cc(-c2cc(CN(c3ccc(SC)cc3)C3CCN(C(=O)OC(C)(C)C)CC3)ccn2)cc(OC)c1OC. The van der Waals surface area contributed by atoms with Crippen LogP contribution in [-0.4, -0.2) is 68.3 Å². The van der Waals surface area contributed by atoms with E-state index >= 15 is 0 Å². The molecule has 220 valence electrons. The number of rotatable bonds is 9. The number of nitrogens with zero attached hydrogens (tertiary/aromatic N) is 3. The van der Waals surface area contributed by atoms with Gasteiger partial charge < -0.3 is 28.7 Å². The van der Waals surface area contributed by atoms with Crippen molar-refractivity contribution in [3.63, 3.8) is 0 Å². The number of hydrogen-bond donors (Lipinski definition) is 0. The van der Waals surface area contributed by atoms with Crippen molar-refractivity contribution in [1.29, 1.82) is 0 Å². The first-order valence-electron chi connectivity index (χ1n) is 13.8. The molecule has 0 radical (unpaired) electrons. The third-order valence-electron chi connectivity index (χ3n) is 7.10. The Hall–Kier alpha value is -3.59. The van der Waals surface area contributed by atoms with Crippen molar-refractivity contribution >= 4 is 23.5 Å². The second-order valence-corrected chi connectivity index (χ2v) is 11.9. The first kappa shape index (κ1) is 30.4. The molecule has 4 rings (SSSR count). The van der Waals surface area contributed by atoms with Gasteiger partial charge in [-0.3, -0.25) is 4.98 Å². The summed E-state index contributed by atoms with van der Waals surface area (Å²) in [5.41, 5.74) is 3.48. The van der Waals surface area contributed by atoms with Crippen molar-refractivity contribution in [1.82, 2.24) is 9.88 Å². The highest BCUT2D eigenvalue weighted by molar-refractivity contribution is 7.98. The number of ether oxygens (including phenoxy) is 4. The van der Waals surface area contributed by atoms with Crippen molar-refractivity contribution in [3.8, 4) is 28.5 Å². The second kappa shape index (κ2) is 13.4. The van der Waals surface area contributed by atoms with E-state index < -0.39 is 5.60 Å². The maximum Gasteiger partial charge on any atom is 0.410 e. The van der Waals surface area contributed by atoms with Gasteiger partial charge >= 0.3 is 6.09 Å². The van der Waals surface area contributed by atoms with Crippen molar-refractivity contribution in [2.75, 3.05) is 45.6 Å². The summed E-state index contributed by atoms with van der Waals surface area (Å²) in [5.74, 6) is 1.72. The average Bonchev–Trinajstić information content (AvgIpc) is 2.98. The molecular weight excluding hydrogens is 538 g/mol. The monoisotopic (exact) mass is 579 g/mol. The number of carbonyl (C=O) groups excluding carboxylic acids is 1. The summed E-state index contributed by atoms with van der Waals surface area (Å²) in [6.07, 6.45) is 5.40. The molecule has 1 fully saturated rings. The van der Waals surface area contributed by atoms with Gasteiger partial charge in [-0.15, -0.1) is 11.8 Å². The van der Waals surface area contributed by atoms with Crippen LogP contribution in [0, 0.1) is 0 Å². The predicted molar refractivity (Wildman–Crippen MR) is 165 cm³/mol. The summed E-state index contributed by atoms with van der Waals surface area (Å²) in [4.78, 5) is 22.8. The fourth-order valence-corrected chi connectivity index (χ4v) is 5.46. The second-order valence-electron chi connectivity index (χ2n) is 11.0. The lowest BCUT2D eigenvalue weighted by Gasteiger charge is -2.40. The minimum atomic E-state index is -0.504. The standard InChI is InChI=1S/C32H41N3O5S/c1-32(2,3)40-31(36)34-16-13-25(14-17-34)35(24-8-10-26(41-7)11-9-24)21-22-12-15-33-27(18-22)23-19-28(37-4)30(39-6)29(20-23)38-5/h8-12,15,18-20,25H,13-14,16-17,21H2,1-7H3. The highest BCUT2D eigenvalue weighted by Gasteiger charge is 2.30. The normalized spacial score (nSPS) is 14.0. The van der Waals surface area contributed by atoms with Gasteiger partial charge in [-0.25, -0.2) is 4.79 Å². The van der Waals surface area contributed by atoms with Crippen LogP contribution in [-0.2, 0) is 11.3 Å². The van der Waals surface area contributed by atoms with Crippen LogP contribution in [0.5, 0.6) is 17.2 Å². The molecule has 1 amide bonds. The maximum absolute atomic E-state index is 12.7. The van der Waals surface area contributed by atoms with Crippen molar-refractivity contribution in [2.24, 2.45) is 0 Å². The van der Waals surface area contributed by atoms with Crippen LogP contribution >= 0.6 is 11.8 Å².